The van der Waals surface area contributed by atoms with Crippen LogP contribution in [0, 0.1) is 0 Å². The Labute approximate surface area is 227 Å². The predicted octanol–water partition coefficient (Wildman–Crippen LogP) is 5.75. The third kappa shape index (κ3) is 5.30. The van der Waals surface area contributed by atoms with E-state index in [0.29, 0.717) is 23.9 Å². The number of benzene rings is 3. The van der Waals surface area contributed by atoms with E-state index >= 15 is 0 Å². The van der Waals surface area contributed by atoms with Crippen molar-refractivity contribution < 1.29 is 9.47 Å². The SMILES string of the molecule is O=c1c(CNC(c2ccccc2)c2ccc(Cl)cc2)cc2cc3c(cc2n1CCN1CCCCC1)OCO3. The van der Waals surface area contributed by atoms with Crippen molar-refractivity contribution in [3.8, 4) is 11.5 Å². The lowest BCUT2D eigenvalue weighted by Gasteiger charge is -2.27. The second-order valence-electron chi connectivity index (χ2n) is 10.1. The van der Waals surface area contributed by atoms with Crippen LogP contribution >= 0.6 is 11.6 Å². The van der Waals surface area contributed by atoms with Gasteiger partial charge in [0.15, 0.2) is 11.5 Å². The monoisotopic (exact) mass is 529 g/mol. The molecule has 0 saturated carbocycles. The lowest BCUT2D eigenvalue weighted by molar-refractivity contribution is 0.174. The van der Waals surface area contributed by atoms with Crippen molar-refractivity contribution >= 4 is 22.5 Å². The molecule has 1 unspecified atom stereocenters. The Balaban J connectivity index is 1.34. The van der Waals surface area contributed by atoms with E-state index < -0.39 is 0 Å². The molecule has 1 N–H and O–H groups in total. The number of rotatable bonds is 8. The molecule has 6 nitrogen and oxygen atoms in total. The second kappa shape index (κ2) is 11.2. The molecule has 1 saturated heterocycles. The number of pyridine rings is 1. The van der Waals surface area contributed by atoms with Crippen molar-refractivity contribution in [2.75, 3.05) is 26.4 Å². The Morgan fingerprint density at radius 1 is 0.842 bits per heavy atom. The van der Waals surface area contributed by atoms with E-state index in [-0.39, 0.29) is 18.4 Å². The Morgan fingerprint density at radius 2 is 1.55 bits per heavy atom. The van der Waals surface area contributed by atoms with Gasteiger partial charge in [0, 0.05) is 41.7 Å². The summed E-state index contributed by atoms with van der Waals surface area (Å²) in [6.45, 7) is 4.33. The summed E-state index contributed by atoms with van der Waals surface area (Å²) >= 11 is 6.17. The highest BCUT2D eigenvalue weighted by molar-refractivity contribution is 6.30. The second-order valence-corrected chi connectivity index (χ2v) is 10.5. The van der Waals surface area contributed by atoms with Crippen LogP contribution in [-0.4, -0.2) is 35.9 Å². The lowest BCUT2D eigenvalue weighted by Crippen LogP contribution is -2.36. The average molecular weight is 530 g/mol. The van der Waals surface area contributed by atoms with E-state index in [1.807, 2.05) is 65.2 Å². The quantitative estimate of drug-likeness (QED) is 0.315. The summed E-state index contributed by atoms with van der Waals surface area (Å²) in [5.74, 6) is 1.42. The molecule has 0 spiro atoms. The van der Waals surface area contributed by atoms with Crippen molar-refractivity contribution in [2.45, 2.75) is 38.4 Å². The van der Waals surface area contributed by atoms with Crippen molar-refractivity contribution in [2.24, 2.45) is 0 Å². The number of halogens is 1. The van der Waals surface area contributed by atoms with Gasteiger partial charge >= 0.3 is 0 Å². The van der Waals surface area contributed by atoms with Gasteiger partial charge in [-0.15, -0.1) is 0 Å². The van der Waals surface area contributed by atoms with Gasteiger partial charge in [-0.25, -0.2) is 0 Å². The Kier molecular flexibility index (Phi) is 7.36. The first kappa shape index (κ1) is 25.0. The number of nitrogens with zero attached hydrogens (tertiary/aromatic N) is 2. The molecule has 2 aliphatic rings. The van der Waals surface area contributed by atoms with E-state index in [1.54, 1.807) is 0 Å². The zero-order valence-electron chi connectivity index (χ0n) is 21.4. The molecule has 2 aliphatic heterocycles. The topological polar surface area (TPSA) is 55.7 Å². The third-order valence-electron chi connectivity index (χ3n) is 7.58. The summed E-state index contributed by atoms with van der Waals surface area (Å²) in [6, 6.07) is 24.0. The molecular weight excluding hydrogens is 498 g/mol. The fourth-order valence-corrected chi connectivity index (χ4v) is 5.67. The summed E-state index contributed by atoms with van der Waals surface area (Å²) in [5.41, 5.74) is 3.87. The molecule has 7 heteroatoms. The van der Waals surface area contributed by atoms with Gasteiger partial charge in [0.25, 0.3) is 5.56 Å². The van der Waals surface area contributed by atoms with Gasteiger partial charge in [0.2, 0.25) is 6.79 Å². The van der Waals surface area contributed by atoms with Crippen LogP contribution in [0.5, 0.6) is 11.5 Å². The van der Waals surface area contributed by atoms with Crippen molar-refractivity contribution in [3.05, 3.63) is 105 Å². The summed E-state index contributed by atoms with van der Waals surface area (Å²) in [4.78, 5) is 16.4. The molecule has 0 bridgehead atoms. The lowest BCUT2D eigenvalue weighted by atomic mass is 9.98. The molecule has 196 valence electrons. The Hall–Kier alpha value is -3.32. The number of hydrogen-bond acceptors (Lipinski definition) is 5. The van der Waals surface area contributed by atoms with Gasteiger partial charge in [0.05, 0.1) is 11.6 Å². The molecule has 3 aromatic carbocycles. The number of aromatic nitrogens is 1. The molecule has 0 radical (unpaired) electrons. The van der Waals surface area contributed by atoms with E-state index in [2.05, 4.69) is 22.3 Å². The third-order valence-corrected chi connectivity index (χ3v) is 7.84. The van der Waals surface area contributed by atoms with Crippen molar-refractivity contribution in [1.29, 1.82) is 0 Å². The molecule has 6 rings (SSSR count). The highest BCUT2D eigenvalue weighted by Crippen LogP contribution is 2.36. The molecule has 0 amide bonds. The first-order valence-corrected chi connectivity index (χ1v) is 13.8. The number of ether oxygens (including phenoxy) is 2. The van der Waals surface area contributed by atoms with Crippen molar-refractivity contribution in [1.82, 2.24) is 14.8 Å². The standard InChI is InChI=1S/C31H32ClN3O3/c32-26-11-9-23(10-12-26)30(22-7-3-1-4-8-22)33-20-25-17-24-18-28-29(38-21-37-28)19-27(24)35(31(25)36)16-15-34-13-5-2-6-14-34/h1,3-4,7-12,17-19,30,33H,2,5-6,13-16,20-21H2. The molecule has 1 atom stereocenters. The summed E-state index contributed by atoms with van der Waals surface area (Å²) in [7, 11) is 0. The van der Waals surface area contributed by atoms with Crippen LogP contribution in [-0.2, 0) is 13.1 Å². The summed E-state index contributed by atoms with van der Waals surface area (Å²) in [5, 5.41) is 5.33. The van der Waals surface area contributed by atoms with E-state index in [9.17, 15) is 4.79 Å². The normalized spacial score (nSPS) is 16.1. The smallest absolute Gasteiger partial charge is 0.255 e. The summed E-state index contributed by atoms with van der Waals surface area (Å²) in [6.07, 6.45) is 3.74. The zero-order chi connectivity index (χ0) is 25.9. The molecule has 4 aromatic rings. The minimum atomic E-state index is -0.0814. The number of nitrogens with one attached hydrogen (secondary N) is 1. The van der Waals surface area contributed by atoms with Crippen LogP contribution in [0.2, 0.25) is 5.02 Å². The molecule has 3 heterocycles. The highest BCUT2D eigenvalue weighted by Gasteiger charge is 2.20. The summed E-state index contributed by atoms with van der Waals surface area (Å²) < 4.78 is 13.2. The minimum absolute atomic E-state index is 0.0313. The largest absolute Gasteiger partial charge is 0.454 e. The first-order valence-electron chi connectivity index (χ1n) is 13.4. The number of piperidine rings is 1. The number of fused-ring (bicyclic) bond motifs is 2. The van der Waals surface area contributed by atoms with Gasteiger partial charge in [0.1, 0.15) is 0 Å². The number of hydrogen-bond donors (Lipinski definition) is 1. The number of likely N-dealkylation sites (tertiary alicyclic amines) is 1. The van der Waals surface area contributed by atoms with Crippen LogP contribution in [0.1, 0.15) is 42.0 Å². The average Bonchev–Trinajstić information content (AvgIpc) is 3.41. The minimum Gasteiger partial charge on any atom is -0.454 e. The van der Waals surface area contributed by atoms with Crippen LogP contribution in [0.25, 0.3) is 10.9 Å². The van der Waals surface area contributed by atoms with E-state index in [0.717, 1.165) is 53.0 Å². The van der Waals surface area contributed by atoms with Crippen LogP contribution in [0.3, 0.4) is 0 Å². The molecule has 1 fully saturated rings. The zero-order valence-corrected chi connectivity index (χ0v) is 22.1. The predicted molar refractivity (Wildman–Crippen MR) is 151 cm³/mol. The Bertz CT molecular complexity index is 1460. The highest BCUT2D eigenvalue weighted by atomic mass is 35.5. The maximum atomic E-state index is 13.9. The van der Waals surface area contributed by atoms with Crippen LogP contribution in [0.15, 0.2) is 77.6 Å². The molecule has 1 aromatic heterocycles. The molecule has 0 aliphatic carbocycles. The van der Waals surface area contributed by atoms with E-state index in [1.165, 1.54) is 19.3 Å². The fourth-order valence-electron chi connectivity index (χ4n) is 5.54. The molecule has 38 heavy (non-hydrogen) atoms. The van der Waals surface area contributed by atoms with Crippen LogP contribution in [0.4, 0.5) is 0 Å². The maximum Gasteiger partial charge on any atom is 0.255 e. The van der Waals surface area contributed by atoms with Gasteiger partial charge < -0.3 is 24.3 Å². The first-order chi connectivity index (χ1) is 18.7. The maximum absolute atomic E-state index is 13.9. The van der Waals surface area contributed by atoms with E-state index in [4.69, 9.17) is 21.1 Å². The fraction of sp³-hybridized carbons (Fsp3) is 0.323. The van der Waals surface area contributed by atoms with Crippen molar-refractivity contribution in [3.63, 3.8) is 0 Å². The van der Waals surface area contributed by atoms with Crippen LogP contribution < -0.4 is 20.3 Å². The molecular formula is C31H32ClN3O3. The van der Waals surface area contributed by atoms with Gasteiger partial charge in [-0.2, -0.15) is 0 Å². The van der Waals surface area contributed by atoms with Gasteiger partial charge in [-0.1, -0.05) is 60.5 Å². The van der Waals surface area contributed by atoms with Gasteiger partial charge in [-0.3, -0.25) is 4.79 Å². The van der Waals surface area contributed by atoms with Gasteiger partial charge in [-0.05, 0) is 61.3 Å². The Morgan fingerprint density at radius 3 is 2.32 bits per heavy atom.